The molecule has 4 nitrogen and oxygen atoms in total. The highest BCUT2D eigenvalue weighted by Crippen LogP contribution is 2.18. The van der Waals surface area contributed by atoms with Crippen molar-refractivity contribution in [2.45, 2.75) is 187 Å². The Hall–Kier alpha value is -1.32. The lowest BCUT2D eigenvalue weighted by Crippen LogP contribution is -2.18. The molecule has 4 heteroatoms. The average molecular weight is 523 g/mol. The third kappa shape index (κ3) is 29.1. The standard InChI is InChI=1S/C33H62O4/c1-3-5-7-9-11-13-14-15-16-17-19-21-26-30-33(36)37-31(28-24-22-25-29-32(34)35)27-23-20-18-12-10-8-6-4-2/h13-14,31H,3-12,15-30H2,1-2H3,(H,34,35)/b14-13-. The number of carbonyl (C=O) groups excluding carboxylic acids is 1. The Morgan fingerprint density at radius 2 is 0.973 bits per heavy atom. The first-order valence-corrected chi connectivity index (χ1v) is 16.2. The van der Waals surface area contributed by atoms with E-state index in [0.717, 1.165) is 44.9 Å². The number of hydrogen-bond acceptors (Lipinski definition) is 3. The fourth-order valence-corrected chi connectivity index (χ4v) is 4.82. The lowest BCUT2D eigenvalue weighted by Gasteiger charge is -2.18. The van der Waals surface area contributed by atoms with E-state index in [1.54, 1.807) is 0 Å². The number of unbranched alkanes of at least 4 members (excludes halogenated alkanes) is 18. The quantitative estimate of drug-likeness (QED) is 0.0602. The smallest absolute Gasteiger partial charge is 0.306 e. The Labute approximate surface area is 230 Å². The number of carbonyl (C=O) groups is 2. The van der Waals surface area contributed by atoms with E-state index < -0.39 is 5.97 Å². The summed E-state index contributed by atoms with van der Waals surface area (Å²) in [6.07, 6.45) is 33.5. The highest BCUT2D eigenvalue weighted by molar-refractivity contribution is 5.69. The van der Waals surface area contributed by atoms with Gasteiger partial charge in [-0.2, -0.15) is 0 Å². The molecule has 0 spiro atoms. The van der Waals surface area contributed by atoms with E-state index in [9.17, 15) is 9.59 Å². The molecule has 1 atom stereocenters. The summed E-state index contributed by atoms with van der Waals surface area (Å²) in [5, 5.41) is 8.82. The molecule has 0 radical (unpaired) electrons. The van der Waals surface area contributed by atoms with E-state index in [0.29, 0.717) is 12.8 Å². The van der Waals surface area contributed by atoms with Crippen molar-refractivity contribution in [3.63, 3.8) is 0 Å². The molecule has 0 saturated heterocycles. The van der Waals surface area contributed by atoms with Gasteiger partial charge in [0.1, 0.15) is 6.10 Å². The van der Waals surface area contributed by atoms with Crippen LogP contribution in [-0.4, -0.2) is 23.1 Å². The number of allylic oxidation sites excluding steroid dienone is 2. The molecule has 0 aromatic rings. The van der Waals surface area contributed by atoms with E-state index in [2.05, 4.69) is 26.0 Å². The maximum Gasteiger partial charge on any atom is 0.306 e. The van der Waals surface area contributed by atoms with Gasteiger partial charge in [-0.25, -0.2) is 0 Å². The summed E-state index contributed by atoms with van der Waals surface area (Å²) in [5.74, 6) is -0.766. The highest BCUT2D eigenvalue weighted by atomic mass is 16.5. The van der Waals surface area contributed by atoms with E-state index in [1.807, 2.05) is 0 Å². The number of esters is 1. The van der Waals surface area contributed by atoms with E-state index in [1.165, 1.54) is 103 Å². The Kier molecular flexibility index (Phi) is 28.2. The maximum absolute atomic E-state index is 12.5. The monoisotopic (exact) mass is 522 g/mol. The van der Waals surface area contributed by atoms with Crippen LogP contribution in [0.4, 0.5) is 0 Å². The van der Waals surface area contributed by atoms with E-state index in [-0.39, 0.29) is 18.5 Å². The molecule has 0 rings (SSSR count). The second-order valence-corrected chi connectivity index (χ2v) is 11.0. The molecule has 0 aliphatic carbocycles. The Morgan fingerprint density at radius 3 is 1.51 bits per heavy atom. The first-order chi connectivity index (χ1) is 18.1. The lowest BCUT2D eigenvalue weighted by molar-refractivity contribution is -0.150. The molecule has 1 N–H and O–H groups in total. The third-order valence-corrected chi connectivity index (χ3v) is 7.24. The minimum atomic E-state index is -0.726. The van der Waals surface area contributed by atoms with Gasteiger partial charge < -0.3 is 9.84 Å². The SMILES string of the molecule is CCCCCC/C=C\CCCCCCCC(=O)OC(CCCCCCCCCC)CCCCCC(=O)O. The van der Waals surface area contributed by atoms with Crippen LogP contribution in [-0.2, 0) is 14.3 Å². The molecule has 0 saturated carbocycles. The van der Waals surface area contributed by atoms with Gasteiger partial charge in [-0.15, -0.1) is 0 Å². The van der Waals surface area contributed by atoms with Crippen LogP contribution in [0.2, 0.25) is 0 Å². The van der Waals surface area contributed by atoms with E-state index >= 15 is 0 Å². The summed E-state index contributed by atoms with van der Waals surface area (Å²) >= 11 is 0. The Bertz CT molecular complexity index is 528. The molecule has 0 aliphatic rings. The van der Waals surface area contributed by atoms with Crippen LogP contribution in [0.3, 0.4) is 0 Å². The molecular formula is C33H62O4. The molecule has 0 aromatic heterocycles. The predicted octanol–water partition coefficient (Wildman–Crippen LogP) is 10.7. The molecule has 218 valence electrons. The largest absolute Gasteiger partial charge is 0.481 e. The van der Waals surface area contributed by atoms with Crippen molar-refractivity contribution in [3.8, 4) is 0 Å². The van der Waals surface area contributed by atoms with Crippen LogP contribution in [0.5, 0.6) is 0 Å². The summed E-state index contributed by atoms with van der Waals surface area (Å²) in [5.41, 5.74) is 0. The van der Waals surface area contributed by atoms with Crippen molar-refractivity contribution in [1.82, 2.24) is 0 Å². The summed E-state index contributed by atoms with van der Waals surface area (Å²) in [6.45, 7) is 4.50. The molecular weight excluding hydrogens is 460 g/mol. The third-order valence-electron chi connectivity index (χ3n) is 7.24. The van der Waals surface area contributed by atoms with Crippen LogP contribution >= 0.6 is 0 Å². The van der Waals surface area contributed by atoms with Crippen LogP contribution < -0.4 is 0 Å². The van der Waals surface area contributed by atoms with Gasteiger partial charge in [0.15, 0.2) is 0 Å². The molecule has 0 aliphatic heterocycles. The first kappa shape index (κ1) is 35.7. The number of hydrogen-bond donors (Lipinski definition) is 1. The lowest BCUT2D eigenvalue weighted by atomic mass is 10.0. The van der Waals surface area contributed by atoms with Crippen LogP contribution in [0, 0.1) is 0 Å². The number of rotatable bonds is 29. The van der Waals surface area contributed by atoms with Gasteiger partial charge in [-0.1, -0.05) is 116 Å². The van der Waals surface area contributed by atoms with Crippen LogP contribution in [0.25, 0.3) is 0 Å². The molecule has 0 heterocycles. The minimum absolute atomic E-state index is 0.00572. The summed E-state index contributed by atoms with van der Waals surface area (Å²) in [6, 6.07) is 0. The van der Waals surface area contributed by atoms with Gasteiger partial charge in [-0.3, -0.25) is 9.59 Å². The van der Waals surface area contributed by atoms with Crippen molar-refractivity contribution in [2.75, 3.05) is 0 Å². The zero-order valence-electron chi connectivity index (χ0n) is 24.8. The zero-order valence-corrected chi connectivity index (χ0v) is 24.8. The highest BCUT2D eigenvalue weighted by Gasteiger charge is 2.14. The average Bonchev–Trinajstić information content (AvgIpc) is 2.87. The number of carboxylic acids is 1. The molecule has 1 unspecified atom stereocenters. The zero-order chi connectivity index (χ0) is 27.2. The second-order valence-electron chi connectivity index (χ2n) is 11.0. The Balaban J connectivity index is 3.96. The predicted molar refractivity (Wildman–Crippen MR) is 158 cm³/mol. The first-order valence-electron chi connectivity index (χ1n) is 16.2. The second kappa shape index (κ2) is 29.2. The van der Waals surface area contributed by atoms with Crippen molar-refractivity contribution in [3.05, 3.63) is 12.2 Å². The van der Waals surface area contributed by atoms with Gasteiger partial charge in [0.05, 0.1) is 0 Å². The van der Waals surface area contributed by atoms with Gasteiger partial charge in [0.2, 0.25) is 0 Å². The van der Waals surface area contributed by atoms with Crippen LogP contribution in [0.15, 0.2) is 12.2 Å². The van der Waals surface area contributed by atoms with Gasteiger partial charge in [-0.05, 0) is 64.2 Å². The normalized spacial score (nSPS) is 12.3. The molecule has 0 bridgehead atoms. The van der Waals surface area contributed by atoms with Gasteiger partial charge in [0.25, 0.3) is 0 Å². The molecule has 37 heavy (non-hydrogen) atoms. The summed E-state index contributed by atoms with van der Waals surface area (Å²) in [7, 11) is 0. The van der Waals surface area contributed by atoms with Crippen molar-refractivity contribution < 1.29 is 19.4 Å². The van der Waals surface area contributed by atoms with E-state index in [4.69, 9.17) is 9.84 Å². The molecule has 0 aromatic carbocycles. The van der Waals surface area contributed by atoms with Crippen molar-refractivity contribution in [2.24, 2.45) is 0 Å². The summed E-state index contributed by atoms with van der Waals surface area (Å²) < 4.78 is 5.88. The van der Waals surface area contributed by atoms with Crippen molar-refractivity contribution >= 4 is 11.9 Å². The van der Waals surface area contributed by atoms with Gasteiger partial charge >= 0.3 is 11.9 Å². The fourth-order valence-electron chi connectivity index (χ4n) is 4.82. The fraction of sp³-hybridized carbons (Fsp3) is 0.879. The molecule has 0 amide bonds. The van der Waals surface area contributed by atoms with Gasteiger partial charge in [0, 0.05) is 12.8 Å². The Morgan fingerprint density at radius 1 is 0.568 bits per heavy atom. The van der Waals surface area contributed by atoms with Crippen LogP contribution in [0.1, 0.15) is 181 Å². The minimum Gasteiger partial charge on any atom is -0.481 e. The number of aliphatic carboxylic acids is 1. The summed E-state index contributed by atoms with van der Waals surface area (Å²) in [4.78, 5) is 23.2. The maximum atomic E-state index is 12.5. The van der Waals surface area contributed by atoms with Crippen molar-refractivity contribution in [1.29, 1.82) is 0 Å². The topological polar surface area (TPSA) is 63.6 Å². The number of ether oxygens (including phenoxy) is 1. The number of carboxylic acid groups (broad SMARTS) is 1. The molecule has 0 fully saturated rings.